The standard InChI is InChI=1S/C15H17F2NO3/c16-12-5-1-4-11(14(12)17)15(21)18-8-2-3-10(9-18)6-7-13(19)20/h1,4-5,10H,2-3,6-9H2,(H,19,20). The van der Waals surface area contributed by atoms with Crippen LogP contribution < -0.4 is 0 Å². The van der Waals surface area contributed by atoms with E-state index in [1.54, 1.807) is 0 Å². The molecule has 21 heavy (non-hydrogen) atoms. The summed E-state index contributed by atoms with van der Waals surface area (Å²) in [5.41, 5.74) is -0.270. The second-order valence-corrected chi connectivity index (χ2v) is 5.29. The summed E-state index contributed by atoms with van der Waals surface area (Å²) in [7, 11) is 0. The van der Waals surface area contributed by atoms with Crippen molar-refractivity contribution in [2.24, 2.45) is 5.92 Å². The summed E-state index contributed by atoms with van der Waals surface area (Å²) in [4.78, 5) is 24.3. The average molecular weight is 297 g/mol. The molecular formula is C15H17F2NO3. The molecule has 0 aromatic heterocycles. The van der Waals surface area contributed by atoms with Crippen LogP contribution in [-0.2, 0) is 4.79 Å². The van der Waals surface area contributed by atoms with E-state index in [2.05, 4.69) is 0 Å². The zero-order valence-corrected chi connectivity index (χ0v) is 11.5. The van der Waals surface area contributed by atoms with Gasteiger partial charge in [-0.15, -0.1) is 0 Å². The van der Waals surface area contributed by atoms with Gasteiger partial charge in [0.2, 0.25) is 0 Å². The summed E-state index contributed by atoms with van der Waals surface area (Å²) in [6.07, 6.45) is 2.14. The first-order valence-electron chi connectivity index (χ1n) is 6.94. The zero-order chi connectivity index (χ0) is 15.4. The van der Waals surface area contributed by atoms with Crippen molar-refractivity contribution in [1.82, 2.24) is 4.90 Å². The molecule has 0 saturated carbocycles. The van der Waals surface area contributed by atoms with E-state index in [0.717, 1.165) is 18.9 Å². The van der Waals surface area contributed by atoms with E-state index in [1.807, 2.05) is 0 Å². The number of carboxylic acids is 1. The maximum atomic E-state index is 13.7. The van der Waals surface area contributed by atoms with E-state index in [1.165, 1.54) is 17.0 Å². The number of likely N-dealkylation sites (tertiary alicyclic amines) is 1. The second-order valence-electron chi connectivity index (χ2n) is 5.29. The number of rotatable bonds is 4. The van der Waals surface area contributed by atoms with Gasteiger partial charge in [-0.1, -0.05) is 6.07 Å². The molecule has 1 aliphatic heterocycles. The summed E-state index contributed by atoms with van der Waals surface area (Å²) >= 11 is 0. The lowest BCUT2D eigenvalue weighted by Crippen LogP contribution is -2.40. The first kappa shape index (κ1) is 15.4. The van der Waals surface area contributed by atoms with Gasteiger partial charge in [0.25, 0.3) is 5.91 Å². The molecule has 1 aromatic carbocycles. The molecule has 1 heterocycles. The van der Waals surface area contributed by atoms with Crippen LogP contribution in [0, 0.1) is 17.6 Å². The number of carboxylic acid groups (broad SMARTS) is 1. The molecule has 1 N–H and O–H groups in total. The number of carbonyl (C=O) groups excluding carboxylic acids is 1. The molecule has 4 nitrogen and oxygen atoms in total. The normalized spacial score (nSPS) is 18.6. The number of piperidine rings is 1. The Bertz CT molecular complexity index is 548. The predicted octanol–water partition coefficient (Wildman–Crippen LogP) is 2.68. The van der Waals surface area contributed by atoms with Gasteiger partial charge in [0, 0.05) is 19.5 Å². The number of hydrogen-bond acceptors (Lipinski definition) is 2. The molecule has 114 valence electrons. The monoisotopic (exact) mass is 297 g/mol. The summed E-state index contributed by atoms with van der Waals surface area (Å²) < 4.78 is 26.8. The van der Waals surface area contributed by atoms with Gasteiger partial charge in [-0.3, -0.25) is 9.59 Å². The van der Waals surface area contributed by atoms with Crippen molar-refractivity contribution in [2.45, 2.75) is 25.7 Å². The molecule has 6 heteroatoms. The SMILES string of the molecule is O=C(O)CCC1CCCN(C(=O)c2cccc(F)c2F)C1. The van der Waals surface area contributed by atoms with Gasteiger partial charge >= 0.3 is 5.97 Å². The van der Waals surface area contributed by atoms with Crippen molar-refractivity contribution >= 4 is 11.9 Å². The van der Waals surface area contributed by atoms with Crippen molar-refractivity contribution < 1.29 is 23.5 Å². The Morgan fingerprint density at radius 2 is 2.10 bits per heavy atom. The van der Waals surface area contributed by atoms with E-state index >= 15 is 0 Å². The highest BCUT2D eigenvalue weighted by molar-refractivity contribution is 5.94. The highest BCUT2D eigenvalue weighted by Gasteiger charge is 2.27. The Morgan fingerprint density at radius 1 is 1.33 bits per heavy atom. The smallest absolute Gasteiger partial charge is 0.303 e. The van der Waals surface area contributed by atoms with E-state index in [4.69, 9.17) is 5.11 Å². The van der Waals surface area contributed by atoms with E-state index in [9.17, 15) is 18.4 Å². The zero-order valence-electron chi connectivity index (χ0n) is 11.5. The number of halogens is 2. The van der Waals surface area contributed by atoms with E-state index in [0.29, 0.717) is 19.5 Å². The topological polar surface area (TPSA) is 57.6 Å². The minimum absolute atomic E-state index is 0.0566. The third-order valence-electron chi connectivity index (χ3n) is 3.75. The van der Waals surface area contributed by atoms with Crippen LogP contribution in [-0.4, -0.2) is 35.0 Å². The summed E-state index contributed by atoms with van der Waals surface area (Å²) in [5, 5.41) is 8.69. The van der Waals surface area contributed by atoms with Crippen LogP contribution >= 0.6 is 0 Å². The molecule has 1 amide bonds. The van der Waals surface area contributed by atoms with Crippen molar-refractivity contribution in [3.8, 4) is 0 Å². The molecule has 1 atom stereocenters. The number of aliphatic carboxylic acids is 1. The Hall–Kier alpha value is -1.98. The van der Waals surface area contributed by atoms with Gasteiger partial charge in [0.05, 0.1) is 5.56 Å². The first-order chi connectivity index (χ1) is 9.99. The maximum Gasteiger partial charge on any atom is 0.303 e. The van der Waals surface area contributed by atoms with Gasteiger partial charge in [-0.05, 0) is 37.3 Å². The number of benzene rings is 1. The molecule has 0 radical (unpaired) electrons. The van der Waals surface area contributed by atoms with Crippen LogP contribution in [0.15, 0.2) is 18.2 Å². The molecular weight excluding hydrogens is 280 g/mol. The largest absolute Gasteiger partial charge is 0.481 e. The fourth-order valence-electron chi connectivity index (χ4n) is 2.65. The summed E-state index contributed by atoms with van der Waals surface area (Å²) in [5.74, 6) is -3.48. The molecule has 1 aliphatic rings. The Morgan fingerprint density at radius 3 is 2.81 bits per heavy atom. The Balaban J connectivity index is 2.05. The lowest BCUT2D eigenvalue weighted by Gasteiger charge is -2.32. The fourth-order valence-corrected chi connectivity index (χ4v) is 2.65. The molecule has 1 fully saturated rings. The van der Waals surface area contributed by atoms with Crippen LogP contribution in [0.25, 0.3) is 0 Å². The first-order valence-corrected chi connectivity index (χ1v) is 6.94. The van der Waals surface area contributed by atoms with Crippen LogP contribution in [0.1, 0.15) is 36.0 Å². The van der Waals surface area contributed by atoms with Crippen LogP contribution in [0.3, 0.4) is 0 Å². The molecule has 0 spiro atoms. The molecule has 1 unspecified atom stereocenters. The second kappa shape index (κ2) is 6.65. The van der Waals surface area contributed by atoms with Crippen molar-refractivity contribution in [1.29, 1.82) is 0 Å². The lowest BCUT2D eigenvalue weighted by molar-refractivity contribution is -0.137. The number of carbonyl (C=O) groups is 2. The highest BCUT2D eigenvalue weighted by Crippen LogP contribution is 2.23. The number of amides is 1. The maximum absolute atomic E-state index is 13.7. The van der Waals surface area contributed by atoms with Crippen LogP contribution in [0.5, 0.6) is 0 Å². The third kappa shape index (κ3) is 3.77. The lowest BCUT2D eigenvalue weighted by atomic mass is 9.93. The number of hydrogen-bond donors (Lipinski definition) is 1. The minimum atomic E-state index is -1.13. The summed E-state index contributed by atoms with van der Waals surface area (Å²) in [6, 6.07) is 3.54. The van der Waals surface area contributed by atoms with Crippen LogP contribution in [0.2, 0.25) is 0 Å². The van der Waals surface area contributed by atoms with Gasteiger partial charge in [-0.25, -0.2) is 8.78 Å². The molecule has 1 aromatic rings. The summed E-state index contributed by atoms with van der Waals surface area (Å²) in [6.45, 7) is 0.875. The van der Waals surface area contributed by atoms with E-state index in [-0.39, 0.29) is 17.9 Å². The quantitative estimate of drug-likeness (QED) is 0.929. The van der Waals surface area contributed by atoms with Crippen molar-refractivity contribution in [2.75, 3.05) is 13.1 Å². The molecule has 1 saturated heterocycles. The van der Waals surface area contributed by atoms with Crippen LogP contribution in [0.4, 0.5) is 8.78 Å². The number of nitrogens with zero attached hydrogens (tertiary/aromatic N) is 1. The predicted molar refractivity (Wildman–Crippen MR) is 71.9 cm³/mol. The van der Waals surface area contributed by atoms with Gasteiger partial charge in [0.15, 0.2) is 11.6 Å². The van der Waals surface area contributed by atoms with Crippen molar-refractivity contribution in [3.05, 3.63) is 35.4 Å². The minimum Gasteiger partial charge on any atom is -0.481 e. The Labute approximate surface area is 121 Å². The van der Waals surface area contributed by atoms with Crippen molar-refractivity contribution in [3.63, 3.8) is 0 Å². The third-order valence-corrected chi connectivity index (χ3v) is 3.75. The van der Waals surface area contributed by atoms with Gasteiger partial charge in [-0.2, -0.15) is 0 Å². The van der Waals surface area contributed by atoms with Gasteiger partial charge in [0.1, 0.15) is 0 Å². The van der Waals surface area contributed by atoms with E-state index < -0.39 is 23.5 Å². The highest BCUT2D eigenvalue weighted by atomic mass is 19.2. The average Bonchev–Trinajstić information content (AvgIpc) is 2.47. The van der Waals surface area contributed by atoms with Gasteiger partial charge < -0.3 is 10.0 Å². The molecule has 0 bridgehead atoms. The fraction of sp³-hybridized carbons (Fsp3) is 0.467. The molecule has 2 rings (SSSR count). The Kier molecular flexibility index (Phi) is 4.88. The molecule has 0 aliphatic carbocycles.